The quantitative estimate of drug-likeness (QED) is 0.533. The summed E-state index contributed by atoms with van der Waals surface area (Å²) in [5.41, 5.74) is 11.0. The molecule has 0 saturated carbocycles. The van der Waals surface area contributed by atoms with E-state index in [1.54, 1.807) is 0 Å². The van der Waals surface area contributed by atoms with Crippen LogP contribution in [0.4, 0.5) is 0 Å². The molecule has 0 aliphatic rings. The molecule has 0 amide bonds. The first-order chi connectivity index (χ1) is 5.13. The van der Waals surface area contributed by atoms with Crippen LogP contribution in [0.3, 0.4) is 0 Å². The number of nitrogens with two attached hydrogens (primary N) is 2. The summed E-state index contributed by atoms with van der Waals surface area (Å²) in [6, 6.07) is 0.0570. The van der Waals surface area contributed by atoms with Crippen molar-refractivity contribution in [2.45, 2.75) is 38.8 Å². The van der Waals surface area contributed by atoms with Gasteiger partial charge in [-0.2, -0.15) is 0 Å². The fourth-order valence-electron chi connectivity index (χ4n) is 1.38. The molecule has 68 valence electrons. The highest BCUT2D eigenvalue weighted by molar-refractivity contribution is 4.75. The summed E-state index contributed by atoms with van der Waals surface area (Å²) in [6.45, 7) is 4.49. The predicted molar refractivity (Wildman–Crippen MR) is 47.1 cm³/mol. The van der Waals surface area contributed by atoms with Gasteiger partial charge in [0.15, 0.2) is 0 Å². The summed E-state index contributed by atoms with van der Waals surface area (Å²) in [6.07, 6.45) is 1.24. The van der Waals surface area contributed by atoms with E-state index in [1.807, 2.05) is 13.8 Å². The molecule has 3 unspecified atom stereocenters. The number of hydrogen-bond acceptors (Lipinski definition) is 3. The molecule has 0 fully saturated rings. The van der Waals surface area contributed by atoms with Gasteiger partial charge in [-0.1, -0.05) is 6.92 Å². The molecule has 0 aromatic heterocycles. The van der Waals surface area contributed by atoms with Crippen LogP contribution in [-0.4, -0.2) is 23.8 Å². The lowest BCUT2D eigenvalue weighted by molar-refractivity contribution is 0.0874. The molecule has 0 aliphatic carbocycles. The van der Waals surface area contributed by atoms with Crippen molar-refractivity contribution >= 4 is 0 Å². The second kappa shape index (κ2) is 5.52. The maximum Gasteiger partial charge on any atom is 0.0595 e. The van der Waals surface area contributed by atoms with Crippen molar-refractivity contribution in [3.63, 3.8) is 0 Å². The van der Waals surface area contributed by atoms with Gasteiger partial charge in [0.2, 0.25) is 0 Å². The zero-order chi connectivity index (χ0) is 8.85. The highest BCUT2D eigenvalue weighted by atomic mass is 16.3. The SMILES string of the molecule is CCC(C(C)N)C(O)CCN. The summed E-state index contributed by atoms with van der Waals surface area (Å²) in [7, 11) is 0. The molecule has 0 aromatic rings. The molecule has 0 bridgehead atoms. The Hall–Kier alpha value is -0.120. The molecular formula is C8H20N2O. The topological polar surface area (TPSA) is 72.3 Å². The Morgan fingerprint density at radius 1 is 1.45 bits per heavy atom. The average Bonchev–Trinajstić information content (AvgIpc) is 1.88. The summed E-state index contributed by atoms with van der Waals surface area (Å²) in [5.74, 6) is 0.193. The Bertz CT molecular complexity index is 96.1. The Kier molecular flexibility index (Phi) is 5.46. The Morgan fingerprint density at radius 2 is 2.00 bits per heavy atom. The van der Waals surface area contributed by atoms with E-state index in [0.717, 1.165) is 6.42 Å². The second-order valence-electron chi connectivity index (χ2n) is 3.08. The van der Waals surface area contributed by atoms with Crippen LogP contribution < -0.4 is 11.5 Å². The molecule has 0 saturated heterocycles. The van der Waals surface area contributed by atoms with Crippen LogP contribution in [0.15, 0.2) is 0 Å². The smallest absolute Gasteiger partial charge is 0.0595 e. The van der Waals surface area contributed by atoms with Crippen molar-refractivity contribution < 1.29 is 5.11 Å². The first-order valence-corrected chi connectivity index (χ1v) is 4.27. The van der Waals surface area contributed by atoms with E-state index in [-0.39, 0.29) is 18.1 Å². The van der Waals surface area contributed by atoms with Crippen molar-refractivity contribution in [3.05, 3.63) is 0 Å². The molecule has 3 heteroatoms. The van der Waals surface area contributed by atoms with Gasteiger partial charge in [0.05, 0.1) is 6.10 Å². The molecule has 0 heterocycles. The van der Waals surface area contributed by atoms with Crippen molar-refractivity contribution in [3.8, 4) is 0 Å². The molecule has 0 aromatic carbocycles. The zero-order valence-electron chi connectivity index (χ0n) is 7.46. The molecule has 0 spiro atoms. The first-order valence-electron chi connectivity index (χ1n) is 4.27. The largest absolute Gasteiger partial charge is 0.393 e. The molecule has 11 heavy (non-hydrogen) atoms. The normalized spacial score (nSPS) is 19.4. The van der Waals surface area contributed by atoms with E-state index in [4.69, 9.17) is 11.5 Å². The molecule has 5 N–H and O–H groups in total. The summed E-state index contributed by atoms with van der Waals surface area (Å²) in [5, 5.41) is 9.52. The van der Waals surface area contributed by atoms with Gasteiger partial charge < -0.3 is 16.6 Å². The Labute approximate surface area is 68.8 Å². The van der Waals surface area contributed by atoms with Crippen molar-refractivity contribution in [1.82, 2.24) is 0 Å². The van der Waals surface area contributed by atoms with Gasteiger partial charge in [-0.05, 0) is 32.2 Å². The molecular weight excluding hydrogens is 140 g/mol. The lowest BCUT2D eigenvalue weighted by atomic mass is 9.91. The van der Waals surface area contributed by atoms with Gasteiger partial charge in [0.1, 0.15) is 0 Å². The van der Waals surface area contributed by atoms with Crippen LogP contribution in [0.2, 0.25) is 0 Å². The van der Waals surface area contributed by atoms with Gasteiger partial charge in [-0.3, -0.25) is 0 Å². The molecule has 0 rings (SSSR count). The van der Waals surface area contributed by atoms with E-state index >= 15 is 0 Å². The minimum atomic E-state index is -0.329. The molecule has 0 aliphatic heterocycles. The Balaban J connectivity index is 3.81. The molecule has 3 nitrogen and oxygen atoms in total. The molecule has 3 atom stereocenters. The van der Waals surface area contributed by atoms with Gasteiger partial charge in [-0.25, -0.2) is 0 Å². The second-order valence-corrected chi connectivity index (χ2v) is 3.08. The monoisotopic (exact) mass is 160 g/mol. The average molecular weight is 160 g/mol. The summed E-state index contributed by atoms with van der Waals surface area (Å²) >= 11 is 0. The van der Waals surface area contributed by atoms with Crippen LogP contribution in [0.25, 0.3) is 0 Å². The minimum Gasteiger partial charge on any atom is -0.393 e. The van der Waals surface area contributed by atoms with Crippen LogP contribution >= 0.6 is 0 Å². The van der Waals surface area contributed by atoms with Crippen molar-refractivity contribution in [2.75, 3.05) is 6.54 Å². The van der Waals surface area contributed by atoms with Crippen molar-refractivity contribution in [2.24, 2.45) is 17.4 Å². The van der Waals surface area contributed by atoms with Gasteiger partial charge in [0, 0.05) is 6.04 Å². The van der Waals surface area contributed by atoms with E-state index in [9.17, 15) is 5.11 Å². The van der Waals surface area contributed by atoms with Gasteiger partial charge in [-0.15, -0.1) is 0 Å². The minimum absolute atomic E-state index is 0.0570. The lowest BCUT2D eigenvalue weighted by Gasteiger charge is -2.24. The highest BCUT2D eigenvalue weighted by Crippen LogP contribution is 2.14. The van der Waals surface area contributed by atoms with Gasteiger partial charge >= 0.3 is 0 Å². The van der Waals surface area contributed by atoms with Gasteiger partial charge in [0.25, 0.3) is 0 Å². The third kappa shape index (κ3) is 3.70. The van der Waals surface area contributed by atoms with Crippen LogP contribution in [-0.2, 0) is 0 Å². The maximum atomic E-state index is 9.52. The lowest BCUT2D eigenvalue weighted by Crippen LogP contribution is -2.36. The van der Waals surface area contributed by atoms with Crippen LogP contribution in [0.5, 0.6) is 0 Å². The number of aliphatic hydroxyl groups excluding tert-OH is 1. The third-order valence-corrected chi connectivity index (χ3v) is 2.10. The maximum absolute atomic E-state index is 9.52. The summed E-state index contributed by atoms with van der Waals surface area (Å²) in [4.78, 5) is 0. The Morgan fingerprint density at radius 3 is 2.27 bits per heavy atom. The highest BCUT2D eigenvalue weighted by Gasteiger charge is 2.19. The fraction of sp³-hybridized carbons (Fsp3) is 1.00. The predicted octanol–water partition coefficient (Wildman–Crippen LogP) is 0.0695. The molecule has 0 radical (unpaired) electrons. The zero-order valence-corrected chi connectivity index (χ0v) is 7.46. The third-order valence-electron chi connectivity index (χ3n) is 2.10. The van der Waals surface area contributed by atoms with Crippen molar-refractivity contribution in [1.29, 1.82) is 0 Å². The summed E-state index contributed by atoms with van der Waals surface area (Å²) < 4.78 is 0. The fourth-order valence-corrected chi connectivity index (χ4v) is 1.38. The van der Waals surface area contributed by atoms with E-state index in [2.05, 4.69) is 0 Å². The van der Waals surface area contributed by atoms with Crippen LogP contribution in [0.1, 0.15) is 26.7 Å². The number of hydrogen-bond donors (Lipinski definition) is 3. The first kappa shape index (κ1) is 10.9. The standard InChI is InChI=1S/C8H20N2O/c1-3-7(6(2)10)8(11)4-5-9/h6-8,11H,3-5,9-10H2,1-2H3. The van der Waals surface area contributed by atoms with E-state index < -0.39 is 0 Å². The van der Waals surface area contributed by atoms with Crippen LogP contribution in [0, 0.1) is 5.92 Å². The van der Waals surface area contributed by atoms with E-state index in [0.29, 0.717) is 13.0 Å². The number of rotatable bonds is 5. The van der Waals surface area contributed by atoms with E-state index in [1.165, 1.54) is 0 Å². The number of aliphatic hydroxyl groups is 1.